The Morgan fingerprint density at radius 1 is 0.778 bits per heavy atom. The van der Waals surface area contributed by atoms with Crippen molar-refractivity contribution >= 4 is 41.8 Å². The molecule has 9 heteroatoms. The van der Waals surface area contributed by atoms with Gasteiger partial charge in [0.25, 0.3) is 5.69 Å². The van der Waals surface area contributed by atoms with Crippen molar-refractivity contribution < 1.29 is 18.5 Å². The van der Waals surface area contributed by atoms with E-state index in [-0.39, 0.29) is 32.5 Å². The lowest BCUT2D eigenvalue weighted by atomic mass is 10.3. The van der Waals surface area contributed by atoms with Crippen LogP contribution in [0.1, 0.15) is 0 Å². The number of nitrogens with zero attached hydrogens (tertiary/aromatic N) is 1. The van der Waals surface area contributed by atoms with Crippen LogP contribution in [0.4, 0.5) is 5.69 Å². The molecule has 0 aliphatic carbocycles. The molecule has 3 aromatic rings. The molecular weight excluding hydrogens is 412 g/mol. The van der Waals surface area contributed by atoms with E-state index in [0.29, 0.717) is 0 Å². The molecule has 0 N–H and O–H groups in total. The number of hydrogen-bond acceptors (Lipinski definition) is 5. The Bertz CT molecular complexity index is 975. The summed E-state index contributed by atoms with van der Waals surface area (Å²) >= 11 is 12.2. The van der Waals surface area contributed by atoms with E-state index in [4.69, 9.17) is 32.2 Å². The van der Waals surface area contributed by atoms with Gasteiger partial charge in [-0.2, -0.15) is 0 Å². The molecule has 0 fully saturated rings. The van der Waals surface area contributed by atoms with Crippen LogP contribution >= 0.6 is 30.8 Å². The number of halogens is 2. The molecule has 0 heterocycles. The summed E-state index contributed by atoms with van der Waals surface area (Å²) in [6.45, 7) is 0. The van der Waals surface area contributed by atoms with Gasteiger partial charge in [-0.15, -0.1) is 0 Å². The number of para-hydroxylation sites is 2. The molecular formula is C18H12Cl2NO5P. The SMILES string of the molecule is O=[N+]([O-])c1ccc(P(=O)(Oc2ccccc2Cl)Oc2ccccc2Cl)cc1. The predicted octanol–water partition coefficient (Wildman–Crippen LogP) is 5.88. The highest BCUT2D eigenvalue weighted by Crippen LogP contribution is 2.50. The Balaban J connectivity index is 2.05. The van der Waals surface area contributed by atoms with Gasteiger partial charge < -0.3 is 9.05 Å². The van der Waals surface area contributed by atoms with E-state index in [0.717, 1.165) is 0 Å². The summed E-state index contributed by atoms with van der Waals surface area (Å²) in [6, 6.07) is 18.0. The summed E-state index contributed by atoms with van der Waals surface area (Å²) < 4.78 is 24.9. The van der Waals surface area contributed by atoms with Gasteiger partial charge in [0, 0.05) is 12.1 Å². The smallest absolute Gasteiger partial charge is 0.411 e. The third-order valence-electron chi connectivity index (χ3n) is 3.49. The van der Waals surface area contributed by atoms with Crippen molar-refractivity contribution in [1.82, 2.24) is 0 Å². The highest BCUT2D eigenvalue weighted by Gasteiger charge is 2.33. The lowest BCUT2D eigenvalue weighted by Gasteiger charge is -2.21. The maximum Gasteiger partial charge on any atom is 0.462 e. The Morgan fingerprint density at radius 2 is 1.22 bits per heavy atom. The van der Waals surface area contributed by atoms with E-state index in [2.05, 4.69) is 0 Å². The first-order valence-electron chi connectivity index (χ1n) is 7.62. The quantitative estimate of drug-likeness (QED) is 0.281. The maximum absolute atomic E-state index is 13.6. The lowest BCUT2D eigenvalue weighted by molar-refractivity contribution is -0.384. The Kier molecular flexibility index (Phi) is 5.71. The largest absolute Gasteiger partial charge is 0.462 e. The van der Waals surface area contributed by atoms with Crippen molar-refractivity contribution in [2.24, 2.45) is 0 Å². The van der Waals surface area contributed by atoms with Crippen LogP contribution in [0.2, 0.25) is 10.0 Å². The van der Waals surface area contributed by atoms with Gasteiger partial charge in [-0.25, -0.2) is 4.57 Å². The lowest BCUT2D eigenvalue weighted by Crippen LogP contribution is -2.15. The van der Waals surface area contributed by atoms with E-state index in [1.54, 1.807) is 36.4 Å². The minimum Gasteiger partial charge on any atom is -0.411 e. The molecule has 0 unspecified atom stereocenters. The zero-order chi connectivity index (χ0) is 19.4. The van der Waals surface area contributed by atoms with Gasteiger partial charge in [0.1, 0.15) is 11.5 Å². The van der Waals surface area contributed by atoms with E-state index >= 15 is 0 Å². The Hall–Kier alpha value is -2.53. The predicted molar refractivity (Wildman–Crippen MR) is 104 cm³/mol. The summed E-state index contributed by atoms with van der Waals surface area (Å²) in [4.78, 5) is 10.3. The topological polar surface area (TPSA) is 78.7 Å². The van der Waals surface area contributed by atoms with Crippen LogP contribution in [-0.2, 0) is 4.57 Å². The molecule has 3 aromatic carbocycles. The molecule has 3 rings (SSSR count). The maximum atomic E-state index is 13.6. The van der Waals surface area contributed by atoms with Crippen molar-refractivity contribution in [3.8, 4) is 11.5 Å². The molecule has 0 aliphatic rings. The second-order valence-corrected chi connectivity index (χ2v) is 8.01. The van der Waals surface area contributed by atoms with Crippen LogP contribution in [0.25, 0.3) is 0 Å². The van der Waals surface area contributed by atoms with Gasteiger partial charge in [-0.3, -0.25) is 10.1 Å². The molecule has 6 nitrogen and oxygen atoms in total. The van der Waals surface area contributed by atoms with E-state index in [9.17, 15) is 14.7 Å². The number of non-ortho nitro benzene ring substituents is 1. The first kappa shape index (κ1) is 19.2. The zero-order valence-electron chi connectivity index (χ0n) is 13.6. The van der Waals surface area contributed by atoms with Crippen LogP contribution in [0.15, 0.2) is 72.8 Å². The molecule has 0 aliphatic heterocycles. The van der Waals surface area contributed by atoms with Crippen LogP contribution < -0.4 is 14.4 Å². The number of rotatable bonds is 6. The molecule has 138 valence electrons. The van der Waals surface area contributed by atoms with E-state index < -0.39 is 12.5 Å². The second kappa shape index (κ2) is 8.01. The van der Waals surface area contributed by atoms with Gasteiger partial charge in [0.05, 0.1) is 20.3 Å². The summed E-state index contributed by atoms with van der Waals surface area (Å²) in [5.74, 6) is 0.292. The van der Waals surface area contributed by atoms with Crippen LogP contribution in [0.3, 0.4) is 0 Å². The monoisotopic (exact) mass is 423 g/mol. The first-order valence-corrected chi connectivity index (χ1v) is 9.92. The molecule has 0 aromatic heterocycles. The molecule has 27 heavy (non-hydrogen) atoms. The Morgan fingerprint density at radius 3 is 1.63 bits per heavy atom. The van der Waals surface area contributed by atoms with Crippen LogP contribution in [0.5, 0.6) is 11.5 Å². The van der Waals surface area contributed by atoms with E-state index in [1.807, 2.05) is 0 Å². The third-order valence-corrected chi connectivity index (χ3v) is 5.92. The van der Waals surface area contributed by atoms with Crippen molar-refractivity contribution in [1.29, 1.82) is 0 Å². The van der Waals surface area contributed by atoms with Crippen molar-refractivity contribution in [2.45, 2.75) is 0 Å². The van der Waals surface area contributed by atoms with Gasteiger partial charge in [-0.1, -0.05) is 47.5 Å². The molecule has 0 atom stereocenters. The average Bonchev–Trinajstić information content (AvgIpc) is 2.66. The normalized spacial score (nSPS) is 11.0. The molecule has 0 radical (unpaired) electrons. The fourth-order valence-electron chi connectivity index (χ4n) is 2.18. The minimum atomic E-state index is -4.01. The first-order chi connectivity index (χ1) is 12.9. The molecule has 0 saturated carbocycles. The fourth-order valence-corrected chi connectivity index (χ4v) is 4.23. The number of hydrogen-bond donors (Lipinski definition) is 0. The van der Waals surface area contributed by atoms with Crippen LogP contribution in [-0.4, -0.2) is 4.92 Å². The van der Waals surface area contributed by atoms with Crippen molar-refractivity contribution in [3.63, 3.8) is 0 Å². The van der Waals surface area contributed by atoms with Crippen LogP contribution in [0, 0.1) is 10.1 Å². The summed E-state index contributed by atoms with van der Waals surface area (Å²) in [7, 11) is -4.01. The average molecular weight is 424 g/mol. The fraction of sp³-hybridized carbons (Fsp3) is 0. The molecule has 0 bridgehead atoms. The van der Waals surface area contributed by atoms with Crippen molar-refractivity contribution in [3.05, 3.63) is 93.0 Å². The number of benzene rings is 3. The van der Waals surface area contributed by atoms with Gasteiger partial charge in [0.15, 0.2) is 0 Å². The molecule has 0 spiro atoms. The second-order valence-electron chi connectivity index (χ2n) is 5.31. The highest BCUT2D eigenvalue weighted by molar-refractivity contribution is 7.63. The van der Waals surface area contributed by atoms with Gasteiger partial charge in [0.2, 0.25) is 0 Å². The zero-order valence-corrected chi connectivity index (χ0v) is 16.0. The minimum absolute atomic E-state index is 0.118. The summed E-state index contributed by atoms with van der Waals surface area (Å²) in [6.07, 6.45) is 0. The van der Waals surface area contributed by atoms with Gasteiger partial charge in [-0.05, 0) is 36.4 Å². The third kappa shape index (κ3) is 4.42. The summed E-state index contributed by atoms with van der Waals surface area (Å²) in [5.41, 5.74) is -0.152. The summed E-state index contributed by atoms with van der Waals surface area (Å²) in [5, 5.41) is 11.5. The standard InChI is InChI=1S/C18H12Cl2NO5P/c19-15-5-1-3-7-17(15)25-27(24,26-18-8-4-2-6-16(18)20)14-11-9-13(10-12-14)21(22)23/h1-12H. The highest BCUT2D eigenvalue weighted by atomic mass is 35.5. The number of nitro groups is 1. The Labute approximate surface area is 164 Å². The molecule has 0 amide bonds. The van der Waals surface area contributed by atoms with Gasteiger partial charge >= 0.3 is 7.60 Å². The number of nitro benzene ring substituents is 1. The van der Waals surface area contributed by atoms with Crippen molar-refractivity contribution in [2.75, 3.05) is 0 Å². The molecule has 0 saturated heterocycles. The van der Waals surface area contributed by atoms with E-state index in [1.165, 1.54) is 36.4 Å².